The molecule has 1 aromatic heterocycles. The molecule has 0 amide bonds. The highest BCUT2D eigenvalue weighted by atomic mass is 19.4. The van der Waals surface area contributed by atoms with Crippen LogP contribution in [0.2, 0.25) is 0 Å². The molecule has 0 aliphatic rings. The van der Waals surface area contributed by atoms with E-state index in [0.717, 1.165) is 29.8 Å². The average Bonchev–Trinajstić information content (AvgIpc) is 2.78. The van der Waals surface area contributed by atoms with E-state index in [4.69, 9.17) is 0 Å². The zero-order chi connectivity index (χ0) is 24.7. The highest BCUT2D eigenvalue weighted by Gasteiger charge is 2.32. The van der Waals surface area contributed by atoms with E-state index in [1.165, 1.54) is 24.3 Å². The number of hydrogen-bond donors (Lipinski definition) is 0. The summed E-state index contributed by atoms with van der Waals surface area (Å²) in [5.41, 5.74) is 1.30. The predicted octanol–water partition coefficient (Wildman–Crippen LogP) is 8.13. The number of benzene rings is 3. The maximum absolute atomic E-state index is 13.3. The van der Waals surface area contributed by atoms with Gasteiger partial charge in [-0.3, -0.25) is 0 Å². The van der Waals surface area contributed by atoms with Crippen molar-refractivity contribution in [2.24, 2.45) is 0 Å². The maximum Gasteiger partial charge on any atom is 0.416 e. The predicted molar refractivity (Wildman–Crippen MR) is 118 cm³/mol. The van der Waals surface area contributed by atoms with E-state index in [9.17, 15) is 26.3 Å². The van der Waals surface area contributed by atoms with E-state index in [1.54, 1.807) is 19.1 Å². The van der Waals surface area contributed by atoms with Gasteiger partial charge in [0.1, 0.15) is 0 Å². The Labute approximate surface area is 191 Å². The highest BCUT2D eigenvalue weighted by Crippen LogP contribution is 2.37. The Morgan fingerprint density at radius 2 is 1.00 bits per heavy atom. The van der Waals surface area contributed by atoms with Crippen molar-refractivity contribution in [1.29, 1.82) is 0 Å². The van der Waals surface area contributed by atoms with Crippen LogP contribution in [0.15, 0.2) is 72.8 Å². The molecule has 0 radical (unpaired) electrons. The maximum atomic E-state index is 13.3. The Kier molecular flexibility index (Phi) is 5.93. The van der Waals surface area contributed by atoms with E-state index >= 15 is 0 Å². The van der Waals surface area contributed by atoms with E-state index in [-0.39, 0.29) is 28.2 Å². The van der Waals surface area contributed by atoms with Crippen molar-refractivity contribution >= 4 is 0 Å². The van der Waals surface area contributed by atoms with Crippen LogP contribution < -0.4 is 0 Å². The van der Waals surface area contributed by atoms with E-state index in [1.807, 2.05) is 19.1 Å². The zero-order valence-corrected chi connectivity index (χ0v) is 18.1. The van der Waals surface area contributed by atoms with Gasteiger partial charge in [0.2, 0.25) is 0 Å². The van der Waals surface area contributed by atoms with E-state index in [0.29, 0.717) is 11.3 Å². The van der Waals surface area contributed by atoms with Crippen molar-refractivity contribution in [3.05, 3.63) is 95.2 Å². The molecule has 0 saturated carbocycles. The zero-order valence-electron chi connectivity index (χ0n) is 18.1. The molecule has 0 atom stereocenters. The molecule has 0 aliphatic heterocycles. The minimum absolute atomic E-state index is 0.205. The Morgan fingerprint density at radius 3 is 1.50 bits per heavy atom. The lowest BCUT2D eigenvalue weighted by atomic mass is 9.99. The molecular formula is C26H18F6N2. The molecule has 4 rings (SSSR count). The highest BCUT2D eigenvalue weighted by molar-refractivity contribution is 5.81. The summed E-state index contributed by atoms with van der Waals surface area (Å²) in [6, 6.07) is 16.6. The van der Waals surface area contributed by atoms with E-state index in [2.05, 4.69) is 9.97 Å². The van der Waals surface area contributed by atoms with Gasteiger partial charge in [-0.05, 0) is 38.1 Å². The topological polar surface area (TPSA) is 25.8 Å². The van der Waals surface area contributed by atoms with Gasteiger partial charge in [0.25, 0.3) is 0 Å². The molecule has 0 unspecified atom stereocenters. The van der Waals surface area contributed by atoms with Gasteiger partial charge in [0.05, 0.1) is 33.9 Å². The first-order valence-corrected chi connectivity index (χ1v) is 10.2. The van der Waals surface area contributed by atoms with Crippen molar-refractivity contribution in [3.63, 3.8) is 0 Å². The second-order valence-corrected chi connectivity index (χ2v) is 7.88. The molecule has 2 nitrogen and oxygen atoms in total. The molecule has 0 aliphatic carbocycles. The summed E-state index contributed by atoms with van der Waals surface area (Å²) in [5.74, 6) is 0. The molecule has 174 valence electrons. The third-order valence-electron chi connectivity index (χ3n) is 5.32. The Balaban J connectivity index is 1.96. The Morgan fingerprint density at radius 1 is 0.529 bits per heavy atom. The van der Waals surface area contributed by atoms with Crippen LogP contribution in [0.25, 0.3) is 33.8 Å². The number of aromatic nitrogens is 2. The quantitative estimate of drug-likeness (QED) is 0.281. The lowest BCUT2D eigenvalue weighted by molar-refractivity contribution is -0.138. The lowest BCUT2D eigenvalue weighted by Gasteiger charge is -2.16. The summed E-state index contributed by atoms with van der Waals surface area (Å²) >= 11 is 0. The van der Waals surface area contributed by atoms with Gasteiger partial charge in [0, 0.05) is 16.7 Å². The fourth-order valence-electron chi connectivity index (χ4n) is 3.59. The monoisotopic (exact) mass is 472 g/mol. The van der Waals surface area contributed by atoms with E-state index < -0.39 is 23.5 Å². The molecule has 34 heavy (non-hydrogen) atoms. The average molecular weight is 472 g/mol. The molecule has 4 aromatic rings. The second kappa shape index (κ2) is 8.59. The van der Waals surface area contributed by atoms with Crippen LogP contribution in [0.5, 0.6) is 0 Å². The lowest BCUT2D eigenvalue weighted by Crippen LogP contribution is -2.06. The van der Waals surface area contributed by atoms with Crippen LogP contribution in [0.3, 0.4) is 0 Å². The normalized spacial score (nSPS) is 12.1. The molecular weight excluding hydrogens is 454 g/mol. The second-order valence-electron chi connectivity index (χ2n) is 7.88. The number of hydrogen-bond acceptors (Lipinski definition) is 2. The van der Waals surface area contributed by atoms with Gasteiger partial charge in [-0.2, -0.15) is 26.3 Å². The molecule has 8 heteroatoms. The molecule has 3 aromatic carbocycles. The fourth-order valence-corrected chi connectivity index (χ4v) is 3.59. The van der Waals surface area contributed by atoms with Gasteiger partial charge in [0.15, 0.2) is 0 Å². The van der Waals surface area contributed by atoms with Crippen molar-refractivity contribution in [2.75, 3.05) is 0 Å². The number of rotatable bonds is 3. The SMILES string of the molecule is Cc1ccc(-c2nc(-c3cccc(C(F)(F)F)c3)c(C)nc2-c2cccc(C(F)(F)F)c2)cc1. The minimum Gasteiger partial charge on any atom is -0.249 e. The summed E-state index contributed by atoms with van der Waals surface area (Å²) < 4.78 is 79.7. The Bertz CT molecular complexity index is 1340. The molecule has 0 fully saturated rings. The van der Waals surface area contributed by atoms with Crippen molar-refractivity contribution in [1.82, 2.24) is 9.97 Å². The smallest absolute Gasteiger partial charge is 0.249 e. The molecule has 0 N–H and O–H groups in total. The van der Waals surface area contributed by atoms with Gasteiger partial charge in [-0.1, -0.05) is 54.1 Å². The van der Waals surface area contributed by atoms with Crippen LogP contribution in [-0.4, -0.2) is 9.97 Å². The third kappa shape index (κ3) is 4.81. The largest absolute Gasteiger partial charge is 0.416 e. The number of aryl methyl sites for hydroxylation is 2. The fraction of sp³-hybridized carbons (Fsp3) is 0.154. The molecule has 1 heterocycles. The van der Waals surface area contributed by atoms with Crippen LogP contribution in [0.4, 0.5) is 26.3 Å². The number of alkyl halides is 6. The third-order valence-corrected chi connectivity index (χ3v) is 5.32. The van der Waals surface area contributed by atoms with Gasteiger partial charge in [-0.25, -0.2) is 9.97 Å². The van der Waals surface area contributed by atoms with Crippen molar-refractivity contribution < 1.29 is 26.3 Å². The minimum atomic E-state index is -4.54. The summed E-state index contributed by atoms with van der Waals surface area (Å²) in [5, 5.41) is 0. The first-order chi connectivity index (χ1) is 15.9. The van der Waals surface area contributed by atoms with Crippen molar-refractivity contribution in [2.45, 2.75) is 26.2 Å². The van der Waals surface area contributed by atoms with Crippen LogP contribution in [-0.2, 0) is 12.4 Å². The van der Waals surface area contributed by atoms with Crippen molar-refractivity contribution in [3.8, 4) is 33.8 Å². The summed E-state index contributed by atoms with van der Waals surface area (Å²) in [7, 11) is 0. The van der Waals surface area contributed by atoms with Gasteiger partial charge in [-0.15, -0.1) is 0 Å². The first kappa shape index (κ1) is 23.5. The standard InChI is InChI=1S/C26H18F6N2/c1-15-9-11-17(12-10-15)23-24(19-6-4-8-21(14-19)26(30,31)32)33-16(2)22(34-23)18-5-3-7-20(13-18)25(27,28)29/h3-14H,1-2H3. The summed E-state index contributed by atoms with van der Waals surface area (Å²) in [4.78, 5) is 9.15. The summed E-state index contributed by atoms with van der Waals surface area (Å²) in [6.45, 7) is 3.45. The van der Waals surface area contributed by atoms with Crippen LogP contribution >= 0.6 is 0 Å². The first-order valence-electron chi connectivity index (χ1n) is 10.2. The number of nitrogens with zero attached hydrogens (tertiary/aromatic N) is 2. The molecule has 0 spiro atoms. The number of halogens is 6. The van der Waals surface area contributed by atoms with Crippen LogP contribution in [0.1, 0.15) is 22.4 Å². The van der Waals surface area contributed by atoms with Crippen LogP contribution in [0, 0.1) is 13.8 Å². The van der Waals surface area contributed by atoms with Gasteiger partial charge >= 0.3 is 12.4 Å². The molecule has 0 bridgehead atoms. The Hall–Kier alpha value is -3.68. The summed E-state index contributed by atoms with van der Waals surface area (Å²) in [6.07, 6.45) is -9.07. The molecule has 0 saturated heterocycles. The van der Waals surface area contributed by atoms with Gasteiger partial charge < -0.3 is 0 Å².